The fourth-order valence-corrected chi connectivity index (χ4v) is 1.69. The summed E-state index contributed by atoms with van der Waals surface area (Å²) in [4.78, 5) is 0. The molecule has 1 rings (SSSR count). The molecule has 1 fully saturated rings. The minimum absolute atomic E-state index is 0.414. The maximum atomic E-state index is 5.93. The van der Waals surface area contributed by atoms with Crippen LogP contribution in [0.2, 0.25) is 0 Å². The number of nitrogens with one attached hydrogen (secondary N) is 1. The Kier molecular flexibility index (Phi) is 4.02. The second-order valence-corrected chi connectivity index (χ2v) is 4.18. The van der Waals surface area contributed by atoms with Crippen LogP contribution in [-0.2, 0) is 0 Å². The van der Waals surface area contributed by atoms with Crippen molar-refractivity contribution in [2.45, 2.75) is 25.8 Å². The van der Waals surface area contributed by atoms with Gasteiger partial charge in [-0.15, -0.1) is 0 Å². The lowest BCUT2D eigenvalue weighted by molar-refractivity contribution is 0.211. The van der Waals surface area contributed by atoms with E-state index in [1.165, 1.54) is 0 Å². The molecule has 4 nitrogen and oxygen atoms in total. The first-order valence-electron chi connectivity index (χ1n) is 4.49. The topological polar surface area (TPSA) is 67.3 Å². The van der Waals surface area contributed by atoms with Crippen molar-refractivity contribution in [3.8, 4) is 0 Å². The lowest BCUT2D eigenvalue weighted by atomic mass is 10.1. The number of hydrogen-bond acceptors (Lipinski definition) is 4. The zero-order valence-corrected chi connectivity index (χ0v) is 9.47. The van der Waals surface area contributed by atoms with Crippen molar-refractivity contribution in [1.29, 1.82) is 0 Å². The highest BCUT2D eigenvalue weighted by Crippen LogP contribution is 2.15. The Balaban J connectivity index is 2.55. The molecule has 0 aromatic heterocycles. The number of rotatable bonds is 2. The van der Waals surface area contributed by atoms with E-state index in [9.17, 15) is 0 Å². The van der Waals surface area contributed by atoms with E-state index in [1.54, 1.807) is 5.01 Å². The third kappa shape index (κ3) is 2.86. The molecule has 0 spiro atoms. The fourth-order valence-electron chi connectivity index (χ4n) is 1.48. The van der Waals surface area contributed by atoms with Gasteiger partial charge >= 0.3 is 0 Å². The average molecular weight is 249 g/mol. The predicted molar refractivity (Wildman–Crippen MR) is 57.7 cm³/mol. The SMILES string of the molecule is C/C(=C(/N)Br)N(N)C1CCNCC1. The van der Waals surface area contributed by atoms with Crippen LogP contribution >= 0.6 is 15.9 Å². The maximum absolute atomic E-state index is 5.93. The summed E-state index contributed by atoms with van der Waals surface area (Å²) in [5.74, 6) is 5.93. The van der Waals surface area contributed by atoms with E-state index in [4.69, 9.17) is 11.6 Å². The number of hydrogen-bond donors (Lipinski definition) is 3. The molecular formula is C8H17BrN4. The second-order valence-electron chi connectivity index (χ2n) is 3.32. The van der Waals surface area contributed by atoms with Crippen molar-refractivity contribution in [2.75, 3.05) is 13.1 Å². The average Bonchev–Trinajstić information content (AvgIpc) is 2.17. The van der Waals surface area contributed by atoms with E-state index in [0.29, 0.717) is 10.6 Å². The molecule has 1 saturated heterocycles. The molecule has 1 heterocycles. The molecule has 0 aliphatic carbocycles. The van der Waals surface area contributed by atoms with Gasteiger partial charge in [0.15, 0.2) is 0 Å². The highest BCUT2D eigenvalue weighted by atomic mass is 79.9. The Hall–Kier alpha value is -0.260. The first-order chi connectivity index (χ1) is 6.13. The van der Waals surface area contributed by atoms with Gasteiger partial charge in [0.2, 0.25) is 0 Å². The van der Waals surface area contributed by atoms with Gasteiger partial charge in [0, 0.05) is 6.04 Å². The molecule has 0 amide bonds. The molecule has 0 saturated carbocycles. The van der Waals surface area contributed by atoms with Gasteiger partial charge in [-0.3, -0.25) is 0 Å². The molecule has 1 aliphatic rings. The largest absolute Gasteiger partial charge is 0.392 e. The molecule has 0 radical (unpaired) electrons. The number of halogens is 1. The van der Waals surface area contributed by atoms with Crippen molar-refractivity contribution >= 4 is 15.9 Å². The van der Waals surface area contributed by atoms with E-state index in [0.717, 1.165) is 31.6 Å². The smallest absolute Gasteiger partial charge is 0.0959 e. The molecule has 5 heteroatoms. The fraction of sp³-hybridized carbons (Fsp3) is 0.750. The third-order valence-corrected chi connectivity index (χ3v) is 3.01. The predicted octanol–water partition coefficient (Wildman–Crippen LogP) is 0.457. The van der Waals surface area contributed by atoms with Gasteiger partial charge in [-0.05, 0) is 48.8 Å². The van der Waals surface area contributed by atoms with Crippen LogP contribution in [0.15, 0.2) is 10.3 Å². The third-order valence-electron chi connectivity index (χ3n) is 2.44. The summed E-state index contributed by atoms with van der Waals surface area (Å²) in [7, 11) is 0. The normalized spacial score (nSPS) is 21.2. The molecule has 0 atom stereocenters. The summed E-state index contributed by atoms with van der Waals surface area (Å²) < 4.78 is 0.619. The van der Waals surface area contributed by atoms with Crippen LogP contribution in [0.25, 0.3) is 0 Å². The van der Waals surface area contributed by atoms with Gasteiger partial charge in [0.25, 0.3) is 0 Å². The van der Waals surface area contributed by atoms with Gasteiger partial charge in [0.1, 0.15) is 0 Å². The molecule has 0 unspecified atom stereocenters. The summed E-state index contributed by atoms with van der Waals surface area (Å²) >= 11 is 3.23. The summed E-state index contributed by atoms with van der Waals surface area (Å²) in [6, 6.07) is 0.414. The zero-order valence-electron chi connectivity index (χ0n) is 7.89. The number of allylic oxidation sites excluding steroid dienone is 1. The van der Waals surface area contributed by atoms with Crippen LogP contribution in [0.5, 0.6) is 0 Å². The van der Waals surface area contributed by atoms with Crippen LogP contribution in [0.1, 0.15) is 19.8 Å². The summed E-state index contributed by atoms with van der Waals surface area (Å²) in [6.45, 7) is 3.99. The Morgan fingerprint density at radius 2 is 2.00 bits per heavy atom. The minimum Gasteiger partial charge on any atom is -0.392 e. The molecule has 0 aromatic carbocycles. The molecule has 5 N–H and O–H groups in total. The van der Waals surface area contributed by atoms with E-state index in [-0.39, 0.29) is 0 Å². The lowest BCUT2D eigenvalue weighted by Crippen LogP contribution is -2.46. The zero-order chi connectivity index (χ0) is 9.84. The molecule has 0 aromatic rings. The Bertz CT molecular complexity index is 194. The van der Waals surface area contributed by atoms with Gasteiger partial charge in [0.05, 0.1) is 10.3 Å². The monoisotopic (exact) mass is 248 g/mol. The van der Waals surface area contributed by atoms with Crippen LogP contribution in [0.4, 0.5) is 0 Å². The van der Waals surface area contributed by atoms with Gasteiger partial charge < -0.3 is 16.1 Å². The van der Waals surface area contributed by atoms with Crippen LogP contribution in [-0.4, -0.2) is 24.1 Å². The Morgan fingerprint density at radius 1 is 1.46 bits per heavy atom. The summed E-state index contributed by atoms with van der Waals surface area (Å²) in [6.07, 6.45) is 2.16. The summed E-state index contributed by atoms with van der Waals surface area (Å²) in [5, 5.41) is 5.07. The first-order valence-corrected chi connectivity index (χ1v) is 5.28. The van der Waals surface area contributed by atoms with Crippen molar-refractivity contribution in [1.82, 2.24) is 10.3 Å². The van der Waals surface area contributed by atoms with E-state index >= 15 is 0 Å². The first kappa shape index (κ1) is 10.8. The maximum Gasteiger partial charge on any atom is 0.0959 e. The molecular weight excluding hydrogens is 232 g/mol. The second kappa shape index (κ2) is 4.83. The Morgan fingerprint density at radius 3 is 2.46 bits per heavy atom. The number of hydrazine groups is 1. The van der Waals surface area contributed by atoms with Crippen molar-refractivity contribution in [3.05, 3.63) is 10.3 Å². The van der Waals surface area contributed by atoms with Crippen molar-refractivity contribution < 1.29 is 0 Å². The molecule has 13 heavy (non-hydrogen) atoms. The van der Waals surface area contributed by atoms with Crippen LogP contribution in [0, 0.1) is 0 Å². The summed E-state index contributed by atoms with van der Waals surface area (Å²) in [5.41, 5.74) is 6.51. The molecule has 1 aliphatic heterocycles. The standard InChI is InChI=1S/C8H17BrN4/c1-6(8(9)10)13(11)7-2-4-12-5-3-7/h7,12H,2-5,10-11H2,1H3/b8-6-. The highest BCUT2D eigenvalue weighted by Gasteiger charge is 2.19. The van der Waals surface area contributed by atoms with Crippen molar-refractivity contribution in [2.24, 2.45) is 11.6 Å². The van der Waals surface area contributed by atoms with Gasteiger partial charge in [-0.25, -0.2) is 5.84 Å². The molecule has 76 valence electrons. The number of piperidine rings is 1. The number of nitrogens with zero attached hydrogens (tertiary/aromatic N) is 1. The van der Waals surface area contributed by atoms with Crippen molar-refractivity contribution in [3.63, 3.8) is 0 Å². The number of nitrogens with two attached hydrogens (primary N) is 2. The van der Waals surface area contributed by atoms with Gasteiger partial charge in [-0.1, -0.05) is 0 Å². The Labute approximate surface area is 87.4 Å². The van der Waals surface area contributed by atoms with E-state index in [2.05, 4.69) is 21.2 Å². The van der Waals surface area contributed by atoms with Crippen LogP contribution < -0.4 is 16.9 Å². The van der Waals surface area contributed by atoms with E-state index in [1.807, 2.05) is 6.92 Å². The molecule has 0 bridgehead atoms. The minimum atomic E-state index is 0.414. The van der Waals surface area contributed by atoms with E-state index < -0.39 is 0 Å². The highest BCUT2D eigenvalue weighted by molar-refractivity contribution is 9.11. The van der Waals surface area contributed by atoms with Crippen LogP contribution in [0.3, 0.4) is 0 Å². The van der Waals surface area contributed by atoms with Gasteiger partial charge in [-0.2, -0.15) is 0 Å². The lowest BCUT2D eigenvalue weighted by Gasteiger charge is -2.33. The quantitative estimate of drug-likeness (QED) is 0.378.